The first kappa shape index (κ1) is 21.4. The summed E-state index contributed by atoms with van der Waals surface area (Å²) in [5, 5.41) is 20.7. The van der Waals surface area contributed by atoms with Crippen LogP contribution in [0.4, 0.5) is 0 Å². The lowest BCUT2D eigenvalue weighted by molar-refractivity contribution is 0.183. The molecule has 0 amide bonds. The number of rotatable bonds is 6. The predicted molar refractivity (Wildman–Crippen MR) is 130 cm³/mol. The van der Waals surface area contributed by atoms with Gasteiger partial charge in [-0.15, -0.1) is 0 Å². The quantitative estimate of drug-likeness (QED) is 0.540. The molecule has 0 unspecified atom stereocenters. The standard InChI is InChI=1S/C28H29NO4/c30-22-17-25(31)28-26(18-22)33-19-24(20-7-3-1-4-8-20)27(28)21-9-11-23(12-10-21)32-16-15-29-13-5-2-6-14-29/h1,3-4,7-12,17-18,30-31H,2,5-6,13-16,19H2. The van der Waals surface area contributed by atoms with Crippen molar-refractivity contribution in [3.63, 3.8) is 0 Å². The zero-order valence-electron chi connectivity index (χ0n) is 18.7. The average molecular weight is 444 g/mol. The molecule has 1 saturated heterocycles. The summed E-state index contributed by atoms with van der Waals surface area (Å²) in [6, 6.07) is 21.0. The van der Waals surface area contributed by atoms with Crippen molar-refractivity contribution < 1.29 is 19.7 Å². The first-order chi connectivity index (χ1) is 16.2. The van der Waals surface area contributed by atoms with E-state index in [1.807, 2.05) is 54.6 Å². The third kappa shape index (κ3) is 4.69. The van der Waals surface area contributed by atoms with Crippen molar-refractivity contribution in [1.29, 1.82) is 0 Å². The Hall–Kier alpha value is -3.44. The Kier molecular flexibility index (Phi) is 6.22. The van der Waals surface area contributed by atoms with E-state index < -0.39 is 0 Å². The molecule has 0 spiro atoms. The van der Waals surface area contributed by atoms with Gasteiger partial charge >= 0.3 is 0 Å². The van der Waals surface area contributed by atoms with Gasteiger partial charge in [-0.25, -0.2) is 0 Å². The van der Waals surface area contributed by atoms with Gasteiger partial charge in [-0.3, -0.25) is 4.90 Å². The zero-order valence-corrected chi connectivity index (χ0v) is 18.7. The van der Waals surface area contributed by atoms with E-state index in [2.05, 4.69) is 4.90 Å². The Morgan fingerprint density at radius 2 is 1.61 bits per heavy atom. The summed E-state index contributed by atoms with van der Waals surface area (Å²) in [7, 11) is 0. The summed E-state index contributed by atoms with van der Waals surface area (Å²) in [6.45, 7) is 4.31. The highest BCUT2D eigenvalue weighted by Crippen LogP contribution is 2.47. The molecular formula is C28H29NO4. The zero-order chi connectivity index (χ0) is 22.6. The van der Waals surface area contributed by atoms with Crippen molar-refractivity contribution in [3.8, 4) is 23.0 Å². The summed E-state index contributed by atoms with van der Waals surface area (Å²) in [4.78, 5) is 2.46. The summed E-state index contributed by atoms with van der Waals surface area (Å²) in [5.41, 5.74) is 4.48. The number of phenolic OH excluding ortho intramolecular Hbond substituents is 2. The fourth-order valence-electron chi connectivity index (χ4n) is 4.70. The second-order valence-electron chi connectivity index (χ2n) is 8.62. The SMILES string of the molecule is Oc1cc(O)c2c(c1)OCC(c1ccccc1)=C2c1ccc(OCCN2CCCCC2)cc1. The van der Waals surface area contributed by atoms with Crippen LogP contribution in [0.15, 0.2) is 66.7 Å². The van der Waals surface area contributed by atoms with Gasteiger partial charge in [0, 0.05) is 29.8 Å². The van der Waals surface area contributed by atoms with Crippen molar-refractivity contribution in [1.82, 2.24) is 4.90 Å². The fraction of sp³-hybridized carbons (Fsp3) is 0.286. The predicted octanol–water partition coefficient (Wildman–Crippen LogP) is 5.31. The van der Waals surface area contributed by atoms with Gasteiger partial charge in [-0.2, -0.15) is 0 Å². The largest absolute Gasteiger partial charge is 0.508 e. The molecule has 0 radical (unpaired) electrons. The van der Waals surface area contributed by atoms with E-state index in [0.29, 0.717) is 24.5 Å². The smallest absolute Gasteiger partial charge is 0.135 e. The van der Waals surface area contributed by atoms with Crippen molar-refractivity contribution in [2.45, 2.75) is 19.3 Å². The fourth-order valence-corrected chi connectivity index (χ4v) is 4.70. The minimum Gasteiger partial charge on any atom is -0.508 e. The lowest BCUT2D eigenvalue weighted by Crippen LogP contribution is -2.33. The number of hydrogen-bond donors (Lipinski definition) is 2. The maximum atomic E-state index is 10.7. The van der Waals surface area contributed by atoms with Gasteiger partial charge in [0.2, 0.25) is 0 Å². The molecule has 33 heavy (non-hydrogen) atoms. The van der Waals surface area contributed by atoms with Crippen LogP contribution in [-0.2, 0) is 0 Å². The highest BCUT2D eigenvalue weighted by atomic mass is 16.5. The van der Waals surface area contributed by atoms with E-state index in [0.717, 1.165) is 34.6 Å². The minimum atomic E-state index is -0.0220. The van der Waals surface area contributed by atoms with Crippen LogP contribution in [0.5, 0.6) is 23.0 Å². The monoisotopic (exact) mass is 443 g/mol. The van der Waals surface area contributed by atoms with Crippen LogP contribution >= 0.6 is 0 Å². The molecule has 170 valence electrons. The minimum absolute atomic E-state index is 0.00464. The highest BCUT2D eigenvalue weighted by Gasteiger charge is 2.26. The Balaban J connectivity index is 1.44. The number of fused-ring (bicyclic) bond motifs is 1. The maximum Gasteiger partial charge on any atom is 0.135 e. The first-order valence-electron chi connectivity index (χ1n) is 11.6. The van der Waals surface area contributed by atoms with Crippen LogP contribution in [-0.4, -0.2) is 48.0 Å². The Labute approximate surface area is 194 Å². The number of benzene rings is 3. The molecule has 0 aromatic heterocycles. The molecule has 5 nitrogen and oxygen atoms in total. The van der Waals surface area contributed by atoms with E-state index >= 15 is 0 Å². The Morgan fingerprint density at radius 1 is 0.848 bits per heavy atom. The van der Waals surface area contributed by atoms with Crippen LogP contribution in [0.25, 0.3) is 11.1 Å². The van der Waals surface area contributed by atoms with Crippen LogP contribution in [0, 0.1) is 0 Å². The Morgan fingerprint density at radius 3 is 2.36 bits per heavy atom. The van der Waals surface area contributed by atoms with E-state index in [9.17, 15) is 10.2 Å². The molecule has 3 aromatic rings. The molecule has 1 fully saturated rings. The van der Waals surface area contributed by atoms with Crippen LogP contribution in [0.2, 0.25) is 0 Å². The third-order valence-corrected chi connectivity index (χ3v) is 6.38. The van der Waals surface area contributed by atoms with Gasteiger partial charge in [0.25, 0.3) is 0 Å². The lowest BCUT2D eigenvalue weighted by atomic mass is 9.87. The number of aromatic hydroxyl groups is 2. The van der Waals surface area contributed by atoms with Crippen molar-refractivity contribution in [3.05, 3.63) is 83.4 Å². The third-order valence-electron chi connectivity index (χ3n) is 6.38. The number of piperidine rings is 1. The van der Waals surface area contributed by atoms with Gasteiger partial charge in [0.05, 0.1) is 5.56 Å². The molecule has 2 heterocycles. The summed E-state index contributed by atoms with van der Waals surface area (Å²) in [6.07, 6.45) is 3.90. The molecule has 2 aliphatic rings. The number of nitrogens with zero attached hydrogens (tertiary/aromatic N) is 1. The first-order valence-corrected chi connectivity index (χ1v) is 11.6. The van der Waals surface area contributed by atoms with E-state index in [1.54, 1.807) is 6.07 Å². The molecular weight excluding hydrogens is 414 g/mol. The maximum absolute atomic E-state index is 10.7. The van der Waals surface area contributed by atoms with E-state index in [-0.39, 0.29) is 11.5 Å². The van der Waals surface area contributed by atoms with E-state index in [1.165, 1.54) is 38.4 Å². The number of ether oxygens (including phenoxy) is 2. The molecule has 5 heteroatoms. The topological polar surface area (TPSA) is 62.2 Å². The number of hydrogen-bond acceptors (Lipinski definition) is 5. The normalized spacial score (nSPS) is 16.2. The summed E-state index contributed by atoms with van der Waals surface area (Å²) < 4.78 is 11.9. The Bertz CT molecular complexity index is 1130. The van der Waals surface area contributed by atoms with Gasteiger partial charge in [0.15, 0.2) is 0 Å². The summed E-state index contributed by atoms with van der Waals surface area (Å²) >= 11 is 0. The molecule has 3 aromatic carbocycles. The molecule has 0 saturated carbocycles. The van der Waals surface area contributed by atoms with Crippen LogP contribution in [0.3, 0.4) is 0 Å². The van der Waals surface area contributed by atoms with Crippen LogP contribution < -0.4 is 9.47 Å². The number of likely N-dealkylation sites (tertiary alicyclic amines) is 1. The lowest BCUT2D eigenvalue weighted by Gasteiger charge is -2.26. The van der Waals surface area contributed by atoms with E-state index in [4.69, 9.17) is 9.47 Å². The van der Waals surface area contributed by atoms with Crippen molar-refractivity contribution in [2.75, 3.05) is 32.8 Å². The molecule has 5 rings (SSSR count). The molecule has 2 N–H and O–H groups in total. The second-order valence-corrected chi connectivity index (χ2v) is 8.62. The number of phenols is 2. The van der Waals surface area contributed by atoms with Gasteiger partial charge in [-0.1, -0.05) is 48.9 Å². The van der Waals surface area contributed by atoms with Gasteiger partial charge in [0.1, 0.15) is 36.2 Å². The molecule has 2 aliphatic heterocycles. The molecule has 0 bridgehead atoms. The van der Waals surface area contributed by atoms with Crippen molar-refractivity contribution in [2.24, 2.45) is 0 Å². The second kappa shape index (κ2) is 9.59. The van der Waals surface area contributed by atoms with Crippen molar-refractivity contribution >= 4 is 11.1 Å². The summed E-state index contributed by atoms with van der Waals surface area (Å²) in [5.74, 6) is 1.28. The molecule has 0 aliphatic carbocycles. The average Bonchev–Trinajstić information content (AvgIpc) is 2.85. The molecule has 0 atom stereocenters. The van der Waals surface area contributed by atoms with Crippen LogP contribution in [0.1, 0.15) is 36.0 Å². The van der Waals surface area contributed by atoms with Gasteiger partial charge < -0.3 is 19.7 Å². The van der Waals surface area contributed by atoms with Gasteiger partial charge in [-0.05, 0) is 49.2 Å². The highest BCUT2D eigenvalue weighted by molar-refractivity contribution is 6.03.